The number of fused-ring (bicyclic) bond motifs is 1. The van der Waals surface area contributed by atoms with Gasteiger partial charge in [-0.25, -0.2) is 0 Å². The van der Waals surface area contributed by atoms with E-state index in [0.717, 1.165) is 4.09 Å². The van der Waals surface area contributed by atoms with Gasteiger partial charge in [-0.15, -0.1) is 4.09 Å². The highest BCUT2D eigenvalue weighted by Crippen LogP contribution is 2.37. The summed E-state index contributed by atoms with van der Waals surface area (Å²) >= 11 is 12.1. The molecule has 158 valence electrons. The molecule has 8 nitrogen and oxygen atoms in total. The lowest BCUT2D eigenvalue weighted by atomic mass is 10.2. The molecule has 0 atom stereocenters. The minimum atomic E-state index is -4.23. The van der Waals surface area contributed by atoms with Gasteiger partial charge in [0.05, 0.1) is 11.6 Å². The minimum Gasteiger partial charge on any atom is -0.462 e. The maximum atomic E-state index is 13.4. The standard InChI is InChI=1S/C19H17Cl2N3O5S/c1-11(2)9-27-19-22-18(12-3-6-15-16(7-12)29-10-28-15)24(23-19)30(25,26)17-8-13(20)4-5-14(17)21/h3-8,11H,9-10H2,1-2H3. The zero-order valence-corrected chi connectivity index (χ0v) is 18.3. The Morgan fingerprint density at radius 3 is 2.67 bits per heavy atom. The lowest BCUT2D eigenvalue weighted by Gasteiger charge is -2.09. The predicted molar refractivity (Wildman–Crippen MR) is 111 cm³/mol. The summed E-state index contributed by atoms with van der Waals surface area (Å²) in [5.74, 6) is 1.28. The van der Waals surface area contributed by atoms with Gasteiger partial charge in [-0.2, -0.15) is 13.4 Å². The number of ether oxygens (including phenoxy) is 3. The molecule has 11 heteroatoms. The Hall–Kier alpha value is -2.49. The van der Waals surface area contributed by atoms with E-state index >= 15 is 0 Å². The molecule has 0 saturated carbocycles. The molecular formula is C19H17Cl2N3O5S. The van der Waals surface area contributed by atoms with Crippen LogP contribution in [0.15, 0.2) is 41.3 Å². The summed E-state index contributed by atoms with van der Waals surface area (Å²) in [4.78, 5) is 4.10. The van der Waals surface area contributed by atoms with Gasteiger partial charge in [-0.3, -0.25) is 0 Å². The van der Waals surface area contributed by atoms with Crippen molar-refractivity contribution in [1.82, 2.24) is 14.2 Å². The molecule has 1 aliphatic rings. The van der Waals surface area contributed by atoms with E-state index in [1.54, 1.807) is 18.2 Å². The normalized spacial score (nSPS) is 13.1. The lowest BCUT2D eigenvalue weighted by molar-refractivity contribution is 0.174. The molecule has 0 N–H and O–H groups in total. The van der Waals surface area contributed by atoms with Crippen molar-refractivity contribution in [2.75, 3.05) is 13.4 Å². The van der Waals surface area contributed by atoms with Gasteiger partial charge < -0.3 is 14.2 Å². The second-order valence-electron chi connectivity index (χ2n) is 6.91. The Labute approximate surface area is 183 Å². The average Bonchev–Trinajstić information content (AvgIpc) is 3.34. The number of hydrogen-bond acceptors (Lipinski definition) is 7. The third-order valence-electron chi connectivity index (χ3n) is 4.13. The fourth-order valence-corrected chi connectivity index (χ4v) is 4.70. The summed E-state index contributed by atoms with van der Waals surface area (Å²) in [7, 11) is -4.23. The molecule has 3 aromatic rings. The molecule has 1 aromatic heterocycles. The largest absolute Gasteiger partial charge is 0.462 e. The van der Waals surface area contributed by atoms with Gasteiger partial charge in [0.2, 0.25) is 6.79 Å². The molecule has 1 aliphatic heterocycles. The molecule has 0 radical (unpaired) electrons. The minimum absolute atomic E-state index is 0.0104. The van der Waals surface area contributed by atoms with Crippen molar-refractivity contribution in [1.29, 1.82) is 0 Å². The Morgan fingerprint density at radius 2 is 1.90 bits per heavy atom. The quantitative estimate of drug-likeness (QED) is 0.532. The molecule has 0 aliphatic carbocycles. The lowest BCUT2D eigenvalue weighted by Crippen LogP contribution is -2.17. The van der Waals surface area contributed by atoms with Gasteiger partial charge in [0.1, 0.15) is 4.90 Å². The van der Waals surface area contributed by atoms with Gasteiger partial charge in [0.25, 0.3) is 10.0 Å². The van der Waals surface area contributed by atoms with Crippen LogP contribution < -0.4 is 14.2 Å². The van der Waals surface area contributed by atoms with Crippen LogP contribution in [0.5, 0.6) is 17.5 Å². The van der Waals surface area contributed by atoms with E-state index < -0.39 is 10.0 Å². The summed E-state index contributed by atoms with van der Waals surface area (Å²) in [5.41, 5.74) is 0.452. The Balaban J connectivity index is 1.86. The van der Waals surface area contributed by atoms with Gasteiger partial charge in [-0.1, -0.05) is 42.1 Å². The van der Waals surface area contributed by atoms with E-state index in [2.05, 4.69) is 10.1 Å². The number of hydrogen-bond donors (Lipinski definition) is 0. The van der Waals surface area contributed by atoms with Crippen LogP contribution in [0.3, 0.4) is 0 Å². The molecule has 0 spiro atoms. The van der Waals surface area contributed by atoms with Crippen molar-refractivity contribution in [2.45, 2.75) is 18.7 Å². The molecule has 2 aromatic carbocycles. The molecule has 0 fully saturated rings. The average molecular weight is 470 g/mol. The van der Waals surface area contributed by atoms with E-state index in [-0.39, 0.29) is 39.5 Å². The highest BCUT2D eigenvalue weighted by molar-refractivity contribution is 7.90. The number of aromatic nitrogens is 3. The van der Waals surface area contributed by atoms with E-state index in [1.807, 2.05) is 13.8 Å². The van der Waals surface area contributed by atoms with Crippen molar-refractivity contribution >= 4 is 33.2 Å². The second-order valence-corrected chi connectivity index (χ2v) is 9.49. The first-order valence-electron chi connectivity index (χ1n) is 8.96. The van der Waals surface area contributed by atoms with Crippen molar-refractivity contribution in [3.63, 3.8) is 0 Å². The van der Waals surface area contributed by atoms with Crippen LogP contribution in [0.25, 0.3) is 11.4 Å². The molecular weight excluding hydrogens is 453 g/mol. The van der Waals surface area contributed by atoms with Gasteiger partial charge >= 0.3 is 6.01 Å². The van der Waals surface area contributed by atoms with Crippen LogP contribution in [0.1, 0.15) is 13.8 Å². The third kappa shape index (κ3) is 3.92. The SMILES string of the molecule is CC(C)COc1nc(-c2ccc3c(c2)OCO3)n(S(=O)(=O)c2cc(Cl)ccc2Cl)n1. The van der Waals surface area contributed by atoms with E-state index in [1.165, 1.54) is 18.2 Å². The Kier molecular flexibility index (Phi) is 5.52. The van der Waals surface area contributed by atoms with Crippen LogP contribution in [-0.4, -0.2) is 36.0 Å². The van der Waals surface area contributed by atoms with Crippen molar-refractivity contribution in [2.24, 2.45) is 5.92 Å². The van der Waals surface area contributed by atoms with Crippen LogP contribution in [0.4, 0.5) is 0 Å². The summed E-state index contributed by atoms with van der Waals surface area (Å²) in [6.45, 7) is 4.32. The molecule has 30 heavy (non-hydrogen) atoms. The molecule has 0 bridgehead atoms. The van der Waals surface area contributed by atoms with Crippen molar-refractivity contribution in [3.05, 3.63) is 46.4 Å². The number of halogens is 2. The highest BCUT2D eigenvalue weighted by Gasteiger charge is 2.29. The topological polar surface area (TPSA) is 92.5 Å². The molecule has 4 rings (SSSR count). The second kappa shape index (κ2) is 7.98. The van der Waals surface area contributed by atoms with E-state index in [4.69, 9.17) is 37.4 Å². The zero-order valence-electron chi connectivity index (χ0n) is 16.0. The summed E-state index contributed by atoms with van der Waals surface area (Å²) in [6, 6.07) is 9.06. The van der Waals surface area contributed by atoms with Crippen molar-refractivity contribution < 1.29 is 22.6 Å². The van der Waals surface area contributed by atoms with Gasteiger partial charge in [0, 0.05) is 10.6 Å². The fourth-order valence-electron chi connectivity index (χ4n) is 2.73. The van der Waals surface area contributed by atoms with E-state index in [0.29, 0.717) is 23.7 Å². The summed E-state index contributed by atoms with van der Waals surface area (Å²) < 4.78 is 43.8. The number of rotatable bonds is 6. The Morgan fingerprint density at radius 1 is 1.13 bits per heavy atom. The smallest absolute Gasteiger partial charge is 0.337 e. The van der Waals surface area contributed by atoms with Crippen LogP contribution >= 0.6 is 23.2 Å². The first-order valence-corrected chi connectivity index (χ1v) is 11.2. The maximum Gasteiger partial charge on any atom is 0.337 e. The van der Waals surface area contributed by atoms with Gasteiger partial charge in [0.15, 0.2) is 17.3 Å². The molecule has 0 amide bonds. The first kappa shape index (κ1) is 20.8. The summed E-state index contributed by atoms with van der Waals surface area (Å²) in [5, 5.41) is 4.32. The van der Waals surface area contributed by atoms with E-state index in [9.17, 15) is 8.42 Å². The molecule has 0 unspecified atom stereocenters. The maximum absolute atomic E-state index is 13.4. The van der Waals surface area contributed by atoms with Crippen LogP contribution in [0.2, 0.25) is 10.0 Å². The summed E-state index contributed by atoms with van der Waals surface area (Å²) in [6.07, 6.45) is 0. The van der Waals surface area contributed by atoms with Crippen molar-refractivity contribution in [3.8, 4) is 28.9 Å². The fraction of sp³-hybridized carbons (Fsp3) is 0.263. The van der Waals surface area contributed by atoms with Crippen LogP contribution in [0, 0.1) is 5.92 Å². The van der Waals surface area contributed by atoms with Crippen LogP contribution in [-0.2, 0) is 10.0 Å². The first-order chi connectivity index (χ1) is 14.3. The number of nitrogens with zero attached hydrogens (tertiary/aromatic N) is 3. The molecule has 0 saturated heterocycles. The predicted octanol–water partition coefficient (Wildman–Crippen LogP) is 4.25. The third-order valence-corrected chi connectivity index (χ3v) is 6.41. The zero-order chi connectivity index (χ0) is 21.5. The van der Waals surface area contributed by atoms with Gasteiger partial charge in [-0.05, 0) is 42.3 Å². The highest BCUT2D eigenvalue weighted by atomic mass is 35.5. The molecule has 2 heterocycles. The Bertz CT molecular complexity index is 1210. The monoisotopic (exact) mass is 469 g/mol. The number of benzene rings is 2.